The van der Waals surface area contributed by atoms with E-state index in [1.807, 2.05) is 38.1 Å². The predicted octanol–water partition coefficient (Wildman–Crippen LogP) is 2.24. The van der Waals surface area contributed by atoms with Gasteiger partial charge in [-0.25, -0.2) is 4.98 Å². The van der Waals surface area contributed by atoms with Gasteiger partial charge in [0.2, 0.25) is 0 Å². The molecule has 0 aliphatic heterocycles. The fraction of sp³-hybridized carbons (Fsp3) is 0.333. The van der Waals surface area contributed by atoms with E-state index in [1.54, 1.807) is 7.11 Å². The first-order valence-corrected chi connectivity index (χ1v) is 6.35. The van der Waals surface area contributed by atoms with Crippen molar-refractivity contribution in [1.82, 2.24) is 9.97 Å². The summed E-state index contributed by atoms with van der Waals surface area (Å²) in [6.45, 7) is 3.84. The molecule has 0 aliphatic carbocycles. The molecule has 1 aromatic carbocycles. The van der Waals surface area contributed by atoms with Gasteiger partial charge in [-0.1, -0.05) is 19.1 Å². The monoisotopic (exact) mass is 258 g/mol. The van der Waals surface area contributed by atoms with Gasteiger partial charge >= 0.3 is 0 Å². The number of aromatic nitrogens is 2. The van der Waals surface area contributed by atoms with Gasteiger partial charge in [-0.15, -0.1) is 0 Å². The topological polar surface area (TPSA) is 55.0 Å². The minimum Gasteiger partial charge on any atom is -0.497 e. The molecule has 4 nitrogen and oxygen atoms in total. The van der Waals surface area contributed by atoms with Gasteiger partial charge < -0.3 is 9.72 Å². The van der Waals surface area contributed by atoms with Crippen molar-refractivity contribution in [1.29, 1.82) is 0 Å². The molecule has 1 heterocycles. The van der Waals surface area contributed by atoms with E-state index in [-0.39, 0.29) is 5.56 Å². The maximum absolute atomic E-state index is 11.9. The molecule has 1 N–H and O–H groups in total. The third-order valence-electron chi connectivity index (χ3n) is 3.16. The van der Waals surface area contributed by atoms with Crippen LogP contribution in [0.15, 0.2) is 29.1 Å². The zero-order chi connectivity index (χ0) is 13.8. The summed E-state index contributed by atoms with van der Waals surface area (Å²) >= 11 is 0. The van der Waals surface area contributed by atoms with Crippen molar-refractivity contribution in [2.45, 2.75) is 26.7 Å². The van der Waals surface area contributed by atoms with Crippen molar-refractivity contribution in [2.75, 3.05) is 7.11 Å². The number of aryl methyl sites for hydroxylation is 1. The molecule has 0 fully saturated rings. The maximum Gasteiger partial charge on any atom is 0.254 e. The lowest BCUT2D eigenvalue weighted by Crippen LogP contribution is -2.18. The van der Waals surface area contributed by atoms with Gasteiger partial charge in [-0.05, 0) is 31.0 Å². The number of ether oxygens (including phenoxy) is 1. The molecule has 0 aliphatic rings. The highest BCUT2D eigenvalue weighted by Gasteiger charge is 2.06. The van der Waals surface area contributed by atoms with E-state index >= 15 is 0 Å². The van der Waals surface area contributed by atoms with Crippen LogP contribution in [0.25, 0.3) is 0 Å². The number of rotatable bonds is 4. The van der Waals surface area contributed by atoms with Crippen LogP contribution in [0.4, 0.5) is 0 Å². The molecule has 0 radical (unpaired) electrons. The van der Waals surface area contributed by atoms with E-state index in [1.165, 1.54) is 0 Å². The van der Waals surface area contributed by atoms with Crippen molar-refractivity contribution >= 4 is 0 Å². The zero-order valence-corrected chi connectivity index (χ0v) is 11.5. The smallest absolute Gasteiger partial charge is 0.254 e. The lowest BCUT2D eigenvalue weighted by Gasteiger charge is -2.06. The van der Waals surface area contributed by atoms with E-state index in [0.717, 1.165) is 22.6 Å². The molecule has 0 unspecified atom stereocenters. The van der Waals surface area contributed by atoms with Crippen LogP contribution in [0.2, 0.25) is 0 Å². The minimum absolute atomic E-state index is 0.0292. The Morgan fingerprint density at radius 1 is 1.26 bits per heavy atom. The lowest BCUT2D eigenvalue weighted by molar-refractivity contribution is 0.414. The molecule has 1 aromatic heterocycles. The Kier molecular flexibility index (Phi) is 4.00. The molecule has 4 heteroatoms. The van der Waals surface area contributed by atoms with Crippen LogP contribution >= 0.6 is 0 Å². The molecule has 0 bridgehead atoms. The molecule has 2 aromatic rings. The Labute approximate surface area is 112 Å². The summed E-state index contributed by atoms with van der Waals surface area (Å²) in [7, 11) is 1.64. The maximum atomic E-state index is 11.9. The molecular formula is C15H18N2O2. The lowest BCUT2D eigenvalue weighted by atomic mass is 10.1. The van der Waals surface area contributed by atoms with Crippen LogP contribution in [0, 0.1) is 6.92 Å². The van der Waals surface area contributed by atoms with Crippen LogP contribution in [0.5, 0.6) is 5.75 Å². The Bertz CT molecular complexity index is 615. The number of hydrogen-bond acceptors (Lipinski definition) is 3. The van der Waals surface area contributed by atoms with Crippen LogP contribution in [0.3, 0.4) is 0 Å². The van der Waals surface area contributed by atoms with Gasteiger partial charge in [-0.3, -0.25) is 4.79 Å². The average molecular weight is 258 g/mol. The Hall–Kier alpha value is -2.10. The number of hydrogen-bond donors (Lipinski definition) is 1. The van der Waals surface area contributed by atoms with Gasteiger partial charge in [0.15, 0.2) is 0 Å². The second-order valence-corrected chi connectivity index (χ2v) is 4.45. The largest absolute Gasteiger partial charge is 0.497 e. The molecule has 0 amide bonds. The first-order chi connectivity index (χ1) is 9.13. The Balaban J connectivity index is 2.25. The molecule has 100 valence electrons. The van der Waals surface area contributed by atoms with Crippen LogP contribution in [-0.2, 0) is 12.8 Å². The third-order valence-corrected chi connectivity index (χ3v) is 3.16. The second-order valence-electron chi connectivity index (χ2n) is 4.45. The van der Waals surface area contributed by atoms with E-state index < -0.39 is 0 Å². The third kappa shape index (κ3) is 3.02. The molecule has 0 saturated heterocycles. The van der Waals surface area contributed by atoms with Crippen molar-refractivity contribution in [3.05, 3.63) is 57.3 Å². The summed E-state index contributed by atoms with van der Waals surface area (Å²) < 4.78 is 5.11. The van der Waals surface area contributed by atoms with E-state index in [9.17, 15) is 4.79 Å². The fourth-order valence-electron chi connectivity index (χ4n) is 2.11. The SMILES string of the molecule is CCc1c(C)nc(Cc2ccc(OC)cc2)[nH]c1=O. The van der Waals surface area contributed by atoms with Crippen LogP contribution in [0.1, 0.15) is 29.6 Å². The number of H-pyrrole nitrogens is 1. The minimum atomic E-state index is -0.0292. The number of aromatic amines is 1. The van der Waals surface area contributed by atoms with Gasteiger partial charge in [0.1, 0.15) is 11.6 Å². The predicted molar refractivity (Wildman–Crippen MR) is 74.8 cm³/mol. The van der Waals surface area contributed by atoms with Gasteiger partial charge in [0.05, 0.1) is 7.11 Å². The van der Waals surface area contributed by atoms with E-state index in [0.29, 0.717) is 18.7 Å². The van der Waals surface area contributed by atoms with E-state index in [2.05, 4.69) is 9.97 Å². The standard InChI is InChI=1S/C15H18N2O2/c1-4-13-10(2)16-14(17-15(13)18)9-11-5-7-12(19-3)8-6-11/h5-8H,4,9H2,1-3H3,(H,16,17,18). The summed E-state index contributed by atoms with van der Waals surface area (Å²) in [5.41, 5.74) is 2.64. The average Bonchev–Trinajstić information content (AvgIpc) is 2.39. The van der Waals surface area contributed by atoms with Crippen molar-refractivity contribution < 1.29 is 4.74 Å². The van der Waals surface area contributed by atoms with Crippen molar-refractivity contribution in [2.24, 2.45) is 0 Å². The zero-order valence-electron chi connectivity index (χ0n) is 11.5. The number of nitrogens with zero attached hydrogens (tertiary/aromatic N) is 1. The van der Waals surface area contributed by atoms with Crippen molar-refractivity contribution in [3.63, 3.8) is 0 Å². The number of benzene rings is 1. The fourth-order valence-corrected chi connectivity index (χ4v) is 2.11. The Morgan fingerprint density at radius 2 is 1.95 bits per heavy atom. The first-order valence-electron chi connectivity index (χ1n) is 6.35. The molecular weight excluding hydrogens is 240 g/mol. The first kappa shape index (κ1) is 13.3. The normalized spacial score (nSPS) is 10.5. The quantitative estimate of drug-likeness (QED) is 0.915. The molecule has 0 atom stereocenters. The van der Waals surface area contributed by atoms with Gasteiger partial charge in [0.25, 0.3) is 5.56 Å². The van der Waals surface area contributed by atoms with E-state index in [4.69, 9.17) is 4.74 Å². The highest BCUT2D eigenvalue weighted by Crippen LogP contribution is 2.13. The summed E-state index contributed by atoms with van der Waals surface area (Å²) in [6, 6.07) is 7.76. The van der Waals surface area contributed by atoms with Crippen molar-refractivity contribution in [3.8, 4) is 5.75 Å². The van der Waals surface area contributed by atoms with Gasteiger partial charge in [-0.2, -0.15) is 0 Å². The second kappa shape index (κ2) is 5.69. The Morgan fingerprint density at radius 3 is 2.47 bits per heavy atom. The summed E-state index contributed by atoms with van der Waals surface area (Å²) in [5, 5.41) is 0. The highest BCUT2D eigenvalue weighted by molar-refractivity contribution is 5.29. The molecule has 0 spiro atoms. The molecule has 2 rings (SSSR count). The molecule has 19 heavy (non-hydrogen) atoms. The highest BCUT2D eigenvalue weighted by atomic mass is 16.5. The summed E-state index contributed by atoms with van der Waals surface area (Å²) in [6.07, 6.45) is 1.32. The molecule has 0 saturated carbocycles. The number of methoxy groups -OCH3 is 1. The van der Waals surface area contributed by atoms with Gasteiger partial charge in [0, 0.05) is 17.7 Å². The van der Waals surface area contributed by atoms with Crippen LogP contribution < -0.4 is 10.3 Å². The van der Waals surface area contributed by atoms with Crippen LogP contribution in [-0.4, -0.2) is 17.1 Å². The summed E-state index contributed by atoms with van der Waals surface area (Å²) in [5.74, 6) is 1.52. The number of nitrogens with one attached hydrogen (secondary N) is 1. The summed E-state index contributed by atoms with van der Waals surface area (Å²) in [4.78, 5) is 19.2.